The van der Waals surface area contributed by atoms with Crippen molar-refractivity contribution in [1.29, 1.82) is 0 Å². The molecular weight excluding hydrogens is 397 g/mol. The quantitative estimate of drug-likeness (QED) is 0.558. The summed E-state index contributed by atoms with van der Waals surface area (Å²) in [6.45, 7) is 5.16. The van der Waals surface area contributed by atoms with E-state index >= 15 is 0 Å². The monoisotopic (exact) mass is 427 g/mol. The number of piperazine rings is 1. The molecule has 2 aromatic rings. The molecule has 1 aromatic carbocycles. The summed E-state index contributed by atoms with van der Waals surface area (Å²) in [5.41, 5.74) is 8.32. The Kier molecular flexibility index (Phi) is 6.53. The van der Waals surface area contributed by atoms with E-state index in [1.165, 1.54) is 11.9 Å². The highest BCUT2D eigenvalue weighted by atomic mass is 19.1. The highest BCUT2D eigenvalue weighted by Gasteiger charge is 2.25. The van der Waals surface area contributed by atoms with Crippen molar-refractivity contribution in [3.8, 4) is 0 Å². The van der Waals surface area contributed by atoms with Gasteiger partial charge in [0.05, 0.1) is 17.3 Å². The van der Waals surface area contributed by atoms with E-state index in [4.69, 9.17) is 5.73 Å². The molecule has 2 saturated heterocycles. The Bertz CT molecular complexity index is 899. The Balaban J connectivity index is 1.47. The lowest BCUT2D eigenvalue weighted by atomic mass is 10.0. The minimum atomic E-state index is -1.04. The molecule has 9 heteroatoms. The Morgan fingerprint density at radius 1 is 1.23 bits per heavy atom. The first-order valence-corrected chi connectivity index (χ1v) is 10.7. The summed E-state index contributed by atoms with van der Waals surface area (Å²) < 4.78 is 14.2. The van der Waals surface area contributed by atoms with Crippen molar-refractivity contribution in [2.75, 3.05) is 61.8 Å². The largest absolute Gasteiger partial charge is 0.378 e. The Morgan fingerprint density at radius 3 is 2.65 bits per heavy atom. The van der Waals surface area contributed by atoms with E-state index < -0.39 is 12.1 Å². The van der Waals surface area contributed by atoms with Crippen LogP contribution in [-0.4, -0.2) is 74.3 Å². The first-order chi connectivity index (χ1) is 15.0. The molecule has 0 spiro atoms. The number of carbonyl (C=O) groups is 1. The molecule has 1 aromatic heterocycles. The van der Waals surface area contributed by atoms with E-state index in [-0.39, 0.29) is 11.6 Å². The first kappa shape index (κ1) is 21.3. The molecule has 1 amide bonds. The molecule has 31 heavy (non-hydrogen) atoms. The minimum absolute atomic E-state index is 0.252. The number of nitrogens with one attached hydrogen (secondary N) is 3. The smallest absolute Gasteiger partial charge is 0.252 e. The van der Waals surface area contributed by atoms with Gasteiger partial charge >= 0.3 is 0 Å². The van der Waals surface area contributed by atoms with Gasteiger partial charge in [0.25, 0.3) is 5.91 Å². The van der Waals surface area contributed by atoms with Crippen molar-refractivity contribution >= 4 is 28.8 Å². The molecule has 3 heterocycles. The summed E-state index contributed by atoms with van der Waals surface area (Å²) in [5.74, 6) is -0.0355. The number of benzene rings is 1. The maximum Gasteiger partial charge on any atom is 0.252 e. The van der Waals surface area contributed by atoms with E-state index in [9.17, 15) is 9.18 Å². The van der Waals surface area contributed by atoms with Gasteiger partial charge in [-0.15, -0.1) is 0 Å². The van der Waals surface area contributed by atoms with Crippen LogP contribution >= 0.6 is 0 Å². The van der Waals surface area contributed by atoms with Crippen LogP contribution in [0, 0.1) is 0 Å². The molecule has 166 valence electrons. The lowest BCUT2D eigenvalue weighted by Crippen LogP contribution is -2.45. The molecule has 8 nitrogen and oxygen atoms in total. The van der Waals surface area contributed by atoms with E-state index in [2.05, 4.69) is 49.9 Å². The average Bonchev–Trinajstić information content (AvgIpc) is 2.76. The first-order valence-electron chi connectivity index (χ1n) is 10.7. The van der Waals surface area contributed by atoms with Crippen molar-refractivity contribution in [3.63, 3.8) is 0 Å². The number of hydrogen-bond acceptors (Lipinski definition) is 7. The molecule has 0 bridgehead atoms. The Hall–Kier alpha value is -2.91. The number of carbonyl (C=O) groups excluding carboxylic acids is 1. The molecule has 5 N–H and O–H groups in total. The zero-order valence-corrected chi connectivity index (χ0v) is 17.8. The summed E-state index contributed by atoms with van der Waals surface area (Å²) in [5, 5.41) is 9.44. The highest BCUT2D eigenvalue weighted by Crippen LogP contribution is 2.26. The minimum Gasteiger partial charge on any atom is -0.378 e. The fraction of sp³-hybridized carbons (Fsp3) is 0.455. The van der Waals surface area contributed by atoms with Crippen LogP contribution in [0.2, 0.25) is 0 Å². The van der Waals surface area contributed by atoms with Gasteiger partial charge in [-0.25, -0.2) is 9.37 Å². The fourth-order valence-corrected chi connectivity index (χ4v) is 3.99. The number of rotatable bonds is 6. The SMILES string of the molecule is CN1CCN(c2ccc(Nc3cc(NC4CCNC[C@@H]4F)c(C(N)=O)cn3)cc2)CC1. The number of primary amides is 1. The molecule has 2 aliphatic rings. The van der Waals surface area contributed by atoms with Crippen LogP contribution in [0.1, 0.15) is 16.8 Å². The van der Waals surface area contributed by atoms with Crippen LogP contribution in [0.4, 0.5) is 27.3 Å². The van der Waals surface area contributed by atoms with Gasteiger partial charge in [0, 0.05) is 56.4 Å². The van der Waals surface area contributed by atoms with Gasteiger partial charge in [-0.1, -0.05) is 0 Å². The van der Waals surface area contributed by atoms with Gasteiger partial charge in [-0.05, 0) is 44.3 Å². The zero-order chi connectivity index (χ0) is 21.8. The van der Waals surface area contributed by atoms with Crippen LogP contribution in [0.15, 0.2) is 36.5 Å². The summed E-state index contributed by atoms with van der Waals surface area (Å²) in [4.78, 5) is 20.8. The van der Waals surface area contributed by atoms with Crippen molar-refractivity contribution in [2.24, 2.45) is 5.73 Å². The number of hydrogen-bond donors (Lipinski definition) is 4. The fourth-order valence-electron chi connectivity index (χ4n) is 3.99. The number of anilines is 4. The summed E-state index contributed by atoms with van der Waals surface area (Å²) in [6.07, 6.45) is 1.01. The standard InChI is InChI=1S/C22H30FN7O/c1-29-8-10-30(11-9-29)16-4-2-15(3-5-16)27-21-12-20(17(13-26-21)22(24)31)28-19-6-7-25-14-18(19)23/h2-5,12-13,18-19,25H,6-11,14H2,1H3,(H2,24,31)(H2,26,27,28)/t18-,19?/m0/s1. The molecule has 0 saturated carbocycles. The second kappa shape index (κ2) is 9.49. The predicted molar refractivity (Wildman–Crippen MR) is 122 cm³/mol. The maximum absolute atomic E-state index is 14.2. The molecule has 4 rings (SSSR count). The third-order valence-corrected chi connectivity index (χ3v) is 5.93. The van der Waals surface area contributed by atoms with Crippen molar-refractivity contribution < 1.29 is 9.18 Å². The second-order valence-electron chi connectivity index (χ2n) is 8.20. The van der Waals surface area contributed by atoms with E-state index in [1.54, 1.807) is 6.07 Å². The normalized spacial score (nSPS) is 22.2. The number of amides is 1. The van der Waals surface area contributed by atoms with Crippen LogP contribution in [0.25, 0.3) is 0 Å². The third kappa shape index (κ3) is 5.23. The van der Waals surface area contributed by atoms with Crippen molar-refractivity contribution in [1.82, 2.24) is 15.2 Å². The number of piperidine rings is 1. The molecule has 2 aliphatic heterocycles. The lowest BCUT2D eigenvalue weighted by molar-refractivity contribution is 0.100. The van der Waals surface area contributed by atoms with Gasteiger partial charge in [-0.2, -0.15) is 0 Å². The van der Waals surface area contributed by atoms with Crippen molar-refractivity contribution in [2.45, 2.75) is 18.6 Å². The van der Waals surface area contributed by atoms with Crippen LogP contribution in [0.3, 0.4) is 0 Å². The second-order valence-corrected chi connectivity index (χ2v) is 8.20. The van der Waals surface area contributed by atoms with Gasteiger partial charge < -0.3 is 31.5 Å². The summed E-state index contributed by atoms with van der Waals surface area (Å²) in [6, 6.07) is 9.53. The highest BCUT2D eigenvalue weighted by molar-refractivity contribution is 5.98. The van der Waals surface area contributed by atoms with Crippen LogP contribution in [-0.2, 0) is 0 Å². The summed E-state index contributed by atoms with van der Waals surface area (Å²) in [7, 11) is 2.14. The van der Waals surface area contributed by atoms with Gasteiger partial charge in [-0.3, -0.25) is 4.79 Å². The molecule has 1 unspecified atom stereocenters. The Morgan fingerprint density at radius 2 is 1.97 bits per heavy atom. The van der Waals surface area contributed by atoms with E-state index in [0.717, 1.165) is 38.4 Å². The zero-order valence-electron chi connectivity index (χ0n) is 17.8. The molecule has 0 radical (unpaired) electrons. The van der Waals surface area contributed by atoms with Gasteiger partial charge in [0.2, 0.25) is 0 Å². The maximum atomic E-state index is 14.2. The number of nitrogens with two attached hydrogens (primary N) is 1. The Labute approximate surface area is 182 Å². The van der Waals surface area contributed by atoms with Gasteiger partial charge in [0.1, 0.15) is 12.0 Å². The van der Waals surface area contributed by atoms with Crippen LogP contribution < -0.4 is 26.6 Å². The molecule has 2 fully saturated rings. The van der Waals surface area contributed by atoms with Crippen LogP contribution in [0.5, 0.6) is 0 Å². The lowest BCUT2D eigenvalue weighted by Gasteiger charge is -2.34. The molecule has 0 aliphatic carbocycles. The van der Waals surface area contributed by atoms with E-state index in [0.29, 0.717) is 24.5 Å². The van der Waals surface area contributed by atoms with Gasteiger partial charge in [0.15, 0.2) is 0 Å². The topological polar surface area (TPSA) is 98.5 Å². The number of likely N-dealkylation sites (N-methyl/N-ethyl adjacent to an activating group) is 1. The predicted octanol–water partition coefficient (Wildman–Crippen LogP) is 1.79. The molecular formula is C22H30FN7O. The third-order valence-electron chi connectivity index (χ3n) is 5.93. The summed E-state index contributed by atoms with van der Waals surface area (Å²) >= 11 is 0. The average molecular weight is 428 g/mol. The molecule has 2 atom stereocenters. The number of nitrogens with zero attached hydrogens (tertiary/aromatic N) is 3. The van der Waals surface area contributed by atoms with Crippen molar-refractivity contribution in [3.05, 3.63) is 42.1 Å². The van der Waals surface area contributed by atoms with E-state index in [1.807, 2.05) is 12.1 Å². The number of halogens is 1. The number of alkyl halides is 1. The number of aromatic nitrogens is 1. The number of pyridine rings is 1.